The molecular formula is C15H25N3O3S. The highest BCUT2D eigenvalue weighted by Gasteiger charge is 2.22. The van der Waals surface area contributed by atoms with E-state index in [0.29, 0.717) is 6.54 Å². The smallest absolute Gasteiger partial charge is 0.221 e. The Morgan fingerprint density at radius 1 is 1.50 bits per heavy atom. The zero-order chi connectivity index (χ0) is 16.3. The number of aromatic nitrogens is 2. The van der Waals surface area contributed by atoms with E-state index in [9.17, 15) is 13.2 Å². The normalized spacial score (nSPS) is 18.3. The first-order valence-corrected chi connectivity index (χ1v) is 9.60. The van der Waals surface area contributed by atoms with E-state index in [-0.39, 0.29) is 35.8 Å². The summed E-state index contributed by atoms with van der Waals surface area (Å²) in [6, 6.07) is 0.0569. The molecule has 124 valence electrons. The van der Waals surface area contributed by atoms with Gasteiger partial charge in [0.1, 0.15) is 5.82 Å². The van der Waals surface area contributed by atoms with E-state index in [4.69, 9.17) is 0 Å². The molecule has 0 saturated carbocycles. The van der Waals surface area contributed by atoms with Gasteiger partial charge in [0.15, 0.2) is 9.84 Å². The molecule has 0 aromatic carbocycles. The summed E-state index contributed by atoms with van der Waals surface area (Å²) in [6.07, 6.45) is 3.72. The lowest BCUT2D eigenvalue weighted by Gasteiger charge is -2.24. The van der Waals surface area contributed by atoms with Crippen LogP contribution in [-0.4, -0.2) is 41.4 Å². The zero-order valence-corrected chi connectivity index (χ0v) is 14.3. The first-order chi connectivity index (χ1) is 10.2. The lowest BCUT2D eigenvalue weighted by Crippen LogP contribution is -2.41. The lowest BCUT2D eigenvalue weighted by molar-refractivity contribution is -0.121. The van der Waals surface area contributed by atoms with Crippen LogP contribution in [0.5, 0.6) is 0 Å². The molecule has 1 atom stereocenters. The number of hydrogen-bond acceptors (Lipinski definition) is 4. The molecule has 1 N–H and O–H groups in total. The van der Waals surface area contributed by atoms with Gasteiger partial charge in [-0.15, -0.1) is 0 Å². The number of hydrogen-bond donors (Lipinski definition) is 1. The first-order valence-electron chi connectivity index (χ1n) is 7.77. The molecule has 0 spiro atoms. The molecule has 1 amide bonds. The molecule has 2 heterocycles. The van der Waals surface area contributed by atoms with E-state index in [1.165, 1.54) is 0 Å². The van der Waals surface area contributed by atoms with E-state index >= 15 is 0 Å². The third-order valence-corrected chi connectivity index (χ3v) is 5.71. The number of imidazole rings is 1. The van der Waals surface area contributed by atoms with Crippen molar-refractivity contribution in [2.75, 3.05) is 11.5 Å². The summed E-state index contributed by atoms with van der Waals surface area (Å²) >= 11 is 0. The van der Waals surface area contributed by atoms with Crippen LogP contribution in [0.15, 0.2) is 6.20 Å². The Morgan fingerprint density at radius 3 is 2.91 bits per heavy atom. The molecule has 1 aromatic heterocycles. The molecule has 1 aromatic rings. The van der Waals surface area contributed by atoms with Crippen molar-refractivity contribution in [1.29, 1.82) is 0 Å². The van der Waals surface area contributed by atoms with Gasteiger partial charge in [0.25, 0.3) is 0 Å². The van der Waals surface area contributed by atoms with Crippen LogP contribution in [0.1, 0.15) is 38.2 Å². The Morgan fingerprint density at radius 2 is 2.23 bits per heavy atom. The van der Waals surface area contributed by atoms with Gasteiger partial charge in [-0.05, 0) is 19.3 Å². The van der Waals surface area contributed by atoms with Crippen molar-refractivity contribution >= 4 is 15.7 Å². The molecule has 0 aliphatic carbocycles. The monoisotopic (exact) mass is 327 g/mol. The van der Waals surface area contributed by atoms with Crippen LogP contribution in [-0.2, 0) is 27.6 Å². The minimum atomic E-state index is -3.14. The van der Waals surface area contributed by atoms with Crippen LogP contribution in [0.3, 0.4) is 0 Å². The Bertz CT molecular complexity index is 634. The fraction of sp³-hybridized carbons (Fsp3) is 0.733. The number of carbonyl (C=O) groups excluding carboxylic acids is 1. The van der Waals surface area contributed by atoms with Gasteiger partial charge in [-0.2, -0.15) is 0 Å². The number of fused-ring (bicyclic) bond motifs is 1. The van der Waals surface area contributed by atoms with Crippen molar-refractivity contribution in [1.82, 2.24) is 14.9 Å². The fourth-order valence-corrected chi connectivity index (χ4v) is 4.52. The van der Waals surface area contributed by atoms with Crippen molar-refractivity contribution in [3.05, 3.63) is 17.7 Å². The van der Waals surface area contributed by atoms with Crippen LogP contribution in [0, 0.1) is 12.8 Å². The van der Waals surface area contributed by atoms with Gasteiger partial charge in [0.05, 0.1) is 17.2 Å². The van der Waals surface area contributed by atoms with Crippen molar-refractivity contribution < 1.29 is 13.2 Å². The molecule has 0 radical (unpaired) electrons. The molecule has 22 heavy (non-hydrogen) atoms. The maximum absolute atomic E-state index is 12.0. The summed E-state index contributed by atoms with van der Waals surface area (Å²) in [6.45, 7) is 6.40. The molecule has 0 saturated heterocycles. The molecule has 0 bridgehead atoms. The predicted octanol–water partition coefficient (Wildman–Crippen LogP) is 1.08. The molecule has 0 unspecified atom stereocenters. The molecule has 1 aliphatic heterocycles. The molecule has 2 rings (SSSR count). The van der Waals surface area contributed by atoms with E-state index in [1.54, 1.807) is 0 Å². The summed E-state index contributed by atoms with van der Waals surface area (Å²) in [4.78, 5) is 16.4. The third kappa shape index (κ3) is 4.83. The Hall–Kier alpha value is -1.37. The minimum absolute atomic E-state index is 0.0430. The fourth-order valence-electron chi connectivity index (χ4n) is 2.84. The molecule has 1 aliphatic rings. The second-order valence-corrected chi connectivity index (χ2v) is 8.74. The number of nitrogens with one attached hydrogen (secondary N) is 1. The van der Waals surface area contributed by atoms with Crippen LogP contribution in [0.2, 0.25) is 0 Å². The average molecular weight is 327 g/mol. The molecular weight excluding hydrogens is 302 g/mol. The van der Waals surface area contributed by atoms with Gasteiger partial charge in [-0.1, -0.05) is 13.8 Å². The van der Waals surface area contributed by atoms with Gasteiger partial charge >= 0.3 is 0 Å². The van der Waals surface area contributed by atoms with Crippen molar-refractivity contribution in [2.24, 2.45) is 5.92 Å². The Labute approximate surface area is 132 Å². The van der Waals surface area contributed by atoms with Crippen molar-refractivity contribution in [3.8, 4) is 0 Å². The van der Waals surface area contributed by atoms with Crippen molar-refractivity contribution in [2.45, 2.75) is 52.6 Å². The Kier molecular flexibility index (Phi) is 5.26. The summed E-state index contributed by atoms with van der Waals surface area (Å²) in [5.74, 6) is 1.04. The van der Waals surface area contributed by atoms with Gasteiger partial charge < -0.3 is 9.88 Å². The van der Waals surface area contributed by atoms with Crippen LogP contribution in [0.25, 0.3) is 0 Å². The van der Waals surface area contributed by atoms with Crippen LogP contribution < -0.4 is 5.32 Å². The highest BCUT2D eigenvalue weighted by atomic mass is 32.2. The third-order valence-electron chi connectivity index (χ3n) is 3.71. The van der Waals surface area contributed by atoms with Crippen molar-refractivity contribution in [3.63, 3.8) is 0 Å². The van der Waals surface area contributed by atoms with E-state index in [2.05, 4.69) is 14.9 Å². The standard InChI is InChI=1S/C15H25N3O3S/c1-11(2)10-22(20,21)7-6-15(19)17-13-4-5-14-16-12(3)8-18(14)9-13/h8,11,13H,4-7,9-10H2,1-3H3,(H,17,19)/t13-/m1/s1. The molecule has 0 fully saturated rings. The summed E-state index contributed by atoms with van der Waals surface area (Å²) < 4.78 is 25.7. The summed E-state index contributed by atoms with van der Waals surface area (Å²) in [5.41, 5.74) is 0.988. The predicted molar refractivity (Wildman–Crippen MR) is 85.3 cm³/mol. The molecule has 6 nitrogen and oxygen atoms in total. The van der Waals surface area contributed by atoms with E-state index in [0.717, 1.165) is 24.4 Å². The van der Waals surface area contributed by atoms with Gasteiger partial charge in [-0.25, -0.2) is 13.4 Å². The number of carbonyl (C=O) groups is 1. The van der Waals surface area contributed by atoms with Gasteiger partial charge in [0, 0.05) is 31.6 Å². The summed E-state index contributed by atoms with van der Waals surface area (Å²) in [5, 5.41) is 2.94. The van der Waals surface area contributed by atoms with Gasteiger partial charge in [0.2, 0.25) is 5.91 Å². The largest absolute Gasteiger partial charge is 0.352 e. The number of sulfone groups is 1. The number of rotatable bonds is 6. The lowest BCUT2D eigenvalue weighted by atomic mass is 10.1. The summed E-state index contributed by atoms with van der Waals surface area (Å²) in [7, 11) is -3.14. The van der Waals surface area contributed by atoms with E-state index < -0.39 is 9.84 Å². The number of amides is 1. The maximum atomic E-state index is 12.0. The second kappa shape index (κ2) is 6.81. The highest BCUT2D eigenvalue weighted by molar-refractivity contribution is 7.91. The van der Waals surface area contributed by atoms with Gasteiger partial charge in [-0.3, -0.25) is 4.79 Å². The van der Waals surface area contributed by atoms with Crippen LogP contribution >= 0.6 is 0 Å². The second-order valence-electron chi connectivity index (χ2n) is 6.51. The molecule has 7 heteroatoms. The number of aryl methyl sites for hydroxylation is 2. The van der Waals surface area contributed by atoms with E-state index in [1.807, 2.05) is 27.0 Å². The maximum Gasteiger partial charge on any atom is 0.221 e. The first kappa shape index (κ1) is 17.0. The SMILES string of the molecule is Cc1cn2c(n1)CC[C@@H](NC(=O)CCS(=O)(=O)CC(C)C)C2. The minimum Gasteiger partial charge on any atom is -0.352 e. The number of nitrogens with zero attached hydrogens (tertiary/aromatic N) is 2. The van der Waals surface area contributed by atoms with Crippen LogP contribution in [0.4, 0.5) is 0 Å². The average Bonchev–Trinajstić information content (AvgIpc) is 2.74. The highest BCUT2D eigenvalue weighted by Crippen LogP contribution is 2.15. The Balaban J connectivity index is 1.81. The quantitative estimate of drug-likeness (QED) is 0.848. The zero-order valence-electron chi connectivity index (χ0n) is 13.5. The topological polar surface area (TPSA) is 81.1 Å².